The van der Waals surface area contributed by atoms with Gasteiger partial charge in [-0.3, -0.25) is 10.2 Å². The van der Waals surface area contributed by atoms with E-state index in [4.69, 9.17) is 44.0 Å². The number of nitrogens with one attached hydrogen (secondary N) is 1. The Morgan fingerprint density at radius 2 is 2.00 bits per heavy atom. The Bertz CT molecular complexity index is 864. The molecule has 0 aromatic heterocycles. The van der Waals surface area contributed by atoms with Gasteiger partial charge in [-0.05, 0) is 23.8 Å². The molecule has 1 amide bonds. The number of amidine groups is 1. The first-order valence-corrected chi connectivity index (χ1v) is 8.46. The van der Waals surface area contributed by atoms with E-state index in [1.165, 1.54) is 32.4 Å². The van der Waals surface area contributed by atoms with Crippen molar-refractivity contribution in [2.24, 2.45) is 5.73 Å². The number of rotatable bonds is 7. The van der Waals surface area contributed by atoms with Gasteiger partial charge in [0.05, 0.1) is 13.7 Å². The highest BCUT2D eigenvalue weighted by atomic mass is 35.5. The molecule has 9 heteroatoms. The smallest absolute Gasteiger partial charge is 0.271 e. The first-order chi connectivity index (χ1) is 12.8. The van der Waals surface area contributed by atoms with Crippen molar-refractivity contribution in [2.45, 2.75) is 12.6 Å². The number of nitrogens with zero attached hydrogens (tertiary/aromatic N) is 1. The minimum Gasteiger partial charge on any atom is -0.497 e. The van der Waals surface area contributed by atoms with Gasteiger partial charge in [0, 0.05) is 41.1 Å². The molecular formula is C18H18Cl2FN3O3. The number of halogens is 3. The van der Waals surface area contributed by atoms with Crippen molar-refractivity contribution in [3.05, 3.63) is 63.9 Å². The molecule has 0 bridgehead atoms. The summed E-state index contributed by atoms with van der Waals surface area (Å²) in [7, 11) is 2.70. The fraction of sp³-hybridized carbons (Fsp3) is 0.222. The summed E-state index contributed by atoms with van der Waals surface area (Å²) >= 11 is 12.3. The number of nitrogen functional groups attached to an aromatic ring is 1. The van der Waals surface area contributed by atoms with Gasteiger partial charge in [0.2, 0.25) is 0 Å². The normalized spacial score (nSPS) is 11.7. The average molecular weight is 414 g/mol. The number of amides is 1. The van der Waals surface area contributed by atoms with Crippen molar-refractivity contribution in [1.82, 2.24) is 4.42 Å². The summed E-state index contributed by atoms with van der Waals surface area (Å²) in [5.74, 6) is -1.12. The van der Waals surface area contributed by atoms with Crippen molar-refractivity contribution < 1.29 is 18.7 Å². The second kappa shape index (κ2) is 9.03. The number of nitrogens with two attached hydrogens (primary N) is 1. The Morgan fingerprint density at radius 3 is 2.52 bits per heavy atom. The van der Waals surface area contributed by atoms with Crippen LogP contribution in [0.2, 0.25) is 5.02 Å². The zero-order valence-corrected chi connectivity index (χ0v) is 16.1. The van der Waals surface area contributed by atoms with Gasteiger partial charge in [0.25, 0.3) is 5.91 Å². The van der Waals surface area contributed by atoms with Crippen LogP contribution < -0.4 is 10.5 Å². The van der Waals surface area contributed by atoms with Gasteiger partial charge >= 0.3 is 0 Å². The van der Waals surface area contributed by atoms with E-state index in [-0.39, 0.29) is 17.9 Å². The first kappa shape index (κ1) is 21.0. The Balaban J connectivity index is 2.21. The van der Waals surface area contributed by atoms with Crippen LogP contribution in [0.5, 0.6) is 5.75 Å². The molecule has 1 atom stereocenters. The molecule has 1 unspecified atom stereocenters. The van der Waals surface area contributed by atoms with Crippen LogP contribution in [0.4, 0.5) is 4.39 Å². The Labute approximate surface area is 166 Å². The second-order valence-electron chi connectivity index (χ2n) is 5.58. The molecule has 0 radical (unpaired) electrons. The zero-order valence-electron chi connectivity index (χ0n) is 14.6. The van der Waals surface area contributed by atoms with Crippen molar-refractivity contribution in [1.29, 1.82) is 5.41 Å². The maximum Gasteiger partial charge on any atom is 0.271 e. The summed E-state index contributed by atoms with van der Waals surface area (Å²) in [4.78, 5) is 12.6. The number of benzene rings is 2. The maximum absolute atomic E-state index is 14.3. The van der Waals surface area contributed by atoms with E-state index >= 15 is 0 Å². The Kier molecular flexibility index (Phi) is 7.01. The molecule has 2 aromatic rings. The van der Waals surface area contributed by atoms with Crippen LogP contribution in [-0.4, -0.2) is 30.4 Å². The summed E-state index contributed by atoms with van der Waals surface area (Å²) in [6, 6.07) is 8.79. The third kappa shape index (κ3) is 4.88. The third-order valence-corrected chi connectivity index (χ3v) is 4.50. The van der Waals surface area contributed by atoms with E-state index in [1.807, 2.05) is 0 Å². The number of hydrogen-bond acceptors (Lipinski definition) is 4. The predicted octanol–water partition coefficient (Wildman–Crippen LogP) is 3.64. The molecule has 27 heavy (non-hydrogen) atoms. The van der Waals surface area contributed by atoms with E-state index in [1.54, 1.807) is 12.1 Å². The van der Waals surface area contributed by atoms with Crippen molar-refractivity contribution in [3.8, 4) is 5.75 Å². The Hall–Kier alpha value is -2.35. The molecule has 0 heterocycles. The molecule has 6 nitrogen and oxygen atoms in total. The minimum atomic E-state index is -1.23. The minimum absolute atomic E-state index is 0.0342. The van der Waals surface area contributed by atoms with Crippen molar-refractivity contribution in [2.75, 3.05) is 14.2 Å². The second-order valence-corrected chi connectivity index (χ2v) is 6.40. The molecule has 0 aliphatic heterocycles. The monoisotopic (exact) mass is 413 g/mol. The van der Waals surface area contributed by atoms with Gasteiger partial charge in [0.15, 0.2) is 6.10 Å². The van der Waals surface area contributed by atoms with E-state index in [2.05, 4.69) is 0 Å². The fourth-order valence-corrected chi connectivity index (χ4v) is 2.86. The fourth-order valence-electron chi connectivity index (χ4n) is 2.41. The zero-order chi connectivity index (χ0) is 20.1. The maximum atomic E-state index is 14.3. The van der Waals surface area contributed by atoms with Crippen molar-refractivity contribution in [3.63, 3.8) is 0 Å². The summed E-state index contributed by atoms with van der Waals surface area (Å²) in [5, 5.41) is 7.70. The molecule has 0 fully saturated rings. The third-order valence-electron chi connectivity index (χ3n) is 3.86. The highest BCUT2D eigenvalue weighted by molar-refractivity contribution is 6.32. The van der Waals surface area contributed by atoms with Crippen molar-refractivity contribution >= 4 is 35.1 Å². The first-order valence-electron chi connectivity index (χ1n) is 7.74. The number of carbonyl (C=O) groups is 1. The van der Waals surface area contributed by atoms with Crippen LogP contribution in [-0.2, 0) is 16.1 Å². The number of hydrogen-bond donors (Lipinski definition) is 2. The van der Waals surface area contributed by atoms with Crippen LogP contribution in [0.3, 0.4) is 0 Å². The van der Waals surface area contributed by atoms with Gasteiger partial charge < -0.3 is 15.2 Å². The lowest BCUT2D eigenvalue weighted by Gasteiger charge is -2.22. The standard InChI is InChI=1S/C18H18Cl2FN3O3/c1-26-12-5-6-13(15(21)8-12)16(27-2)18(25)24(20)9-11-4-3-10(17(22)23)7-14(11)19/h3-8,16H,9H2,1-2H3,(H3,22,23). The lowest BCUT2D eigenvalue weighted by Crippen LogP contribution is -2.29. The van der Waals surface area contributed by atoms with Crippen LogP contribution >= 0.6 is 23.4 Å². The van der Waals surface area contributed by atoms with Crippen LogP contribution in [0.1, 0.15) is 22.8 Å². The molecule has 0 saturated heterocycles. The molecule has 0 saturated carbocycles. The van der Waals surface area contributed by atoms with E-state index in [0.29, 0.717) is 21.9 Å². The molecule has 0 spiro atoms. The summed E-state index contributed by atoms with van der Waals surface area (Å²) in [6.45, 7) is -0.0466. The van der Waals surface area contributed by atoms with Gasteiger partial charge in [-0.25, -0.2) is 8.81 Å². The highest BCUT2D eigenvalue weighted by Crippen LogP contribution is 2.28. The van der Waals surface area contributed by atoms with Crippen LogP contribution in [0, 0.1) is 11.2 Å². The quantitative estimate of drug-likeness (QED) is 0.411. The van der Waals surface area contributed by atoms with Gasteiger partial charge in [0.1, 0.15) is 17.4 Å². The number of carbonyl (C=O) groups excluding carboxylic acids is 1. The van der Waals surface area contributed by atoms with Gasteiger partial charge in [-0.2, -0.15) is 0 Å². The van der Waals surface area contributed by atoms with Gasteiger partial charge in [-0.15, -0.1) is 0 Å². The highest BCUT2D eigenvalue weighted by Gasteiger charge is 2.28. The molecule has 2 aromatic carbocycles. The molecule has 2 rings (SSSR count). The molecule has 0 aliphatic rings. The number of methoxy groups -OCH3 is 2. The lowest BCUT2D eigenvalue weighted by molar-refractivity contribution is -0.138. The summed E-state index contributed by atoms with van der Waals surface area (Å²) < 4.78 is 25.3. The van der Waals surface area contributed by atoms with E-state index < -0.39 is 17.8 Å². The molecule has 144 valence electrons. The van der Waals surface area contributed by atoms with Gasteiger partial charge in [-0.1, -0.05) is 23.7 Å². The van der Waals surface area contributed by atoms with Crippen LogP contribution in [0.25, 0.3) is 0 Å². The predicted molar refractivity (Wildman–Crippen MR) is 102 cm³/mol. The van der Waals surface area contributed by atoms with E-state index in [0.717, 1.165) is 10.5 Å². The summed E-state index contributed by atoms with van der Waals surface area (Å²) in [6.07, 6.45) is -1.23. The molecule has 0 aliphatic carbocycles. The largest absolute Gasteiger partial charge is 0.497 e. The molecule has 3 N–H and O–H groups in total. The lowest BCUT2D eigenvalue weighted by atomic mass is 10.1. The average Bonchev–Trinajstić information content (AvgIpc) is 2.64. The SMILES string of the molecule is COc1ccc(C(OC)C(=O)N(Cl)Cc2ccc(C(=N)N)cc2Cl)c(F)c1. The summed E-state index contributed by atoms with van der Waals surface area (Å²) in [5.41, 5.74) is 6.43. The van der Waals surface area contributed by atoms with E-state index in [9.17, 15) is 9.18 Å². The number of ether oxygens (including phenoxy) is 2. The van der Waals surface area contributed by atoms with Crippen LogP contribution in [0.15, 0.2) is 36.4 Å². The Morgan fingerprint density at radius 1 is 1.30 bits per heavy atom. The molecular weight excluding hydrogens is 396 g/mol. The topological polar surface area (TPSA) is 88.6 Å².